The minimum absolute atomic E-state index is 0.0373. The van der Waals surface area contributed by atoms with Gasteiger partial charge in [0, 0.05) is 42.0 Å². The lowest BCUT2D eigenvalue weighted by molar-refractivity contribution is -0.113. The third-order valence-electron chi connectivity index (χ3n) is 6.07. The fourth-order valence-electron chi connectivity index (χ4n) is 4.07. The standard InChI is InChI=1S/C28H26BrN5O4S/c29-24-9-5-4-8-23(24)27(36)34-16-14-33(15-17-34)21-12-10-20(11-13-21)30-25(35)19-39-28-32-31-26(38-28)18-37-22-6-2-1-3-7-22/h1-13H,14-19H2,(H,30,35). The highest BCUT2D eigenvalue weighted by atomic mass is 79.9. The number of aromatic nitrogens is 2. The molecule has 0 saturated carbocycles. The molecule has 5 rings (SSSR count). The average molecular weight is 609 g/mol. The van der Waals surface area contributed by atoms with E-state index < -0.39 is 0 Å². The zero-order chi connectivity index (χ0) is 27.0. The Morgan fingerprint density at radius 1 is 0.923 bits per heavy atom. The number of amides is 2. The molecule has 0 unspecified atom stereocenters. The lowest BCUT2D eigenvalue weighted by atomic mass is 10.1. The summed E-state index contributed by atoms with van der Waals surface area (Å²) in [6, 6.07) is 24.6. The molecule has 1 saturated heterocycles. The molecule has 1 aliphatic heterocycles. The number of ether oxygens (including phenoxy) is 1. The maximum Gasteiger partial charge on any atom is 0.277 e. The zero-order valence-electron chi connectivity index (χ0n) is 21.0. The highest BCUT2D eigenvalue weighted by Crippen LogP contribution is 2.23. The maximum absolute atomic E-state index is 12.9. The number of anilines is 2. The van der Waals surface area contributed by atoms with Crippen molar-refractivity contribution >= 4 is 50.9 Å². The van der Waals surface area contributed by atoms with Gasteiger partial charge in [0.1, 0.15) is 5.75 Å². The Morgan fingerprint density at radius 2 is 1.64 bits per heavy atom. The minimum Gasteiger partial charge on any atom is -0.484 e. The second-order valence-corrected chi connectivity index (χ2v) is 10.5. The Hall–Kier alpha value is -3.83. The van der Waals surface area contributed by atoms with Gasteiger partial charge in [0.2, 0.25) is 5.91 Å². The van der Waals surface area contributed by atoms with Crippen molar-refractivity contribution in [3.05, 3.63) is 94.8 Å². The van der Waals surface area contributed by atoms with Crippen LogP contribution in [0.2, 0.25) is 0 Å². The quantitative estimate of drug-likeness (QED) is 0.262. The van der Waals surface area contributed by atoms with Crippen LogP contribution in [0.15, 0.2) is 93.0 Å². The first-order valence-corrected chi connectivity index (χ1v) is 14.1. The Kier molecular flexibility index (Phi) is 8.79. The summed E-state index contributed by atoms with van der Waals surface area (Å²) in [7, 11) is 0. The summed E-state index contributed by atoms with van der Waals surface area (Å²) in [5.41, 5.74) is 2.43. The smallest absolute Gasteiger partial charge is 0.277 e. The number of thioether (sulfide) groups is 1. The molecule has 0 aliphatic carbocycles. The number of piperazine rings is 1. The number of halogens is 1. The summed E-state index contributed by atoms with van der Waals surface area (Å²) < 4.78 is 11.9. The minimum atomic E-state index is -0.174. The number of rotatable bonds is 9. The molecule has 0 bridgehead atoms. The number of nitrogens with one attached hydrogen (secondary N) is 1. The van der Waals surface area contributed by atoms with Gasteiger partial charge in [0.25, 0.3) is 17.0 Å². The van der Waals surface area contributed by atoms with Gasteiger partial charge in [-0.25, -0.2) is 0 Å². The molecule has 2 heterocycles. The number of hydrogen-bond acceptors (Lipinski definition) is 8. The number of para-hydroxylation sites is 1. The topological polar surface area (TPSA) is 101 Å². The van der Waals surface area contributed by atoms with Crippen molar-refractivity contribution < 1.29 is 18.7 Å². The fourth-order valence-corrected chi connectivity index (χ4v) is 5.10. The lowest BCUT2D eigenvalue weighted by Crippen LogP contribution is -2.48. The van der Waals surface area contributed by atoms with Crippen LogP contribution in [0.1, 0.15) is 16.2 Å². The molecular weight excluding hydrogens is 582 g/mol. The normalized spacial score (nSPS) is 13.3. The summed E-state index contributed by atoms with van der Waals surface area (Å²) in [6.45, 7) is 2.92. The molecule has 1 N–H and O–H groups in total. The zero-order valence-corrected chi connectivity index (χ0v) is 23.4. The van der Waals surface area contributed by atoms with Gasteiger partial charge in [0.15, 0.2) is 6.61 Å². The average Bonchev–Trinajstić information content (AvgIpc) is 3.44. The van der Waals surface area contributed by atoms with Crippen LogP contribution < -0.4 is 15.0 Å². The summed E-state index contributed by atoms with van der Waals surface area (Å²) in [6.07, 6.45) is 0. The molecule has 1 aromatic heterocycles. The van der Waals surface area contributed by atoms with E-state index in [1.165, 1.54) is 11.8 Å². The van der Waals surface area contributed by atoms with E-state index in [-0.39, 0.29) is 24.2 Å². The van der Waals surface area contributed by atoms with Crippen molar-refractivity contribution in [2.24, 2.45) is 0 Å². The second-order valence-electron chi connectivity index (χ2n) is 8.71. The van der Waals surface area contributed by atoms with E-state index in [4.69, 9.17) is 9.15 Å². The van der Waals surface area contributed by atoms with Crippen molar-refractivity contribution in [2.75, 3.05) is 42.1 Å². The van der Waals surface area contributed by atoms with Gasteiger partial charge < -0.3 is 24.3 Å². The van der Waals surface area contributed by atoms with E-state index in [0.717, 1.165) is 23.2 Å². The van der Waals surface area contributed by atoms with E-state index in [9.17, 15) is 9.59 Å². The number of nitrogens with zero attached hydrogens (tertiary/aromatic N) is 4. The van der Waals surface area contributed by atoms with Crippen LogP contribution in [0.4, 0.5) is 11.4 Å². The first-order valence-electron chi connectivity index (χ1n) is 12.4. The molecule has 39 heavy (non-hydrogen) atoms. The molecule has 9 nitrogen and oxygen atoms in total. The first-order chi connectivity index (χ1) is 19.0. The third-order valence-corrected chi connectivity index (χ3v) is 7.58. The summed E-state index contributed by atoms with van der Waals surface area (Å²) in [4.78, 5) is 29.4. The number of carbonyl (C=O) groups excluding carboxylic acids is 2. The van der Waals surface area contributed by atoms with Gasteiger partial charge in [-0.05, 0) is 64.5 Å². The lowest BCUT2D eigenvalue weighted by Gasteiger charge is -2.36. The molecule has 3 aromatic carbocycles. The molecule has 2 amide bonds. The number of hydrogen-bond donors (Lipinski definition) is 1. The van der Waals surface area contributed by atoms with Crippen LogP contribution in [0.3, 0.4) is 0 Å². The van der Waals surface area contributed by atoms with Crippen LogP contribution in [0, 0.1) is 0 Å². The van der Waals surface area contributed by atoms with E-state index in [1.54, 1.807) is 0 Å². The molecule has 0 spiro atoms. The van der Waals surface area contributed by atoms with E-state index in [0.29, 0.717) is 41.2 Å². The van der Waals surface area contributed by atoms with E-state index in [1.807, 2.05) is 83.8 Å². The highest BCUT2D eigenvalue weighted by Gasteiger charge is 2.23. The Labute approximate surface area is 238 Å². The van der Waals surface area contributed by atoms with E-state index in [2.05, 4.69) is 36.3 Å². The molecule has 1 aliphatic rings. The van der Waals surface area contributed by atoms with Crippen molar-refractivity contribution in [3.63, 3.8) is 0 Å². The molecular formula is C28H26BrN5O4S. The van der Waals surface area contributed by atoms with Crippen LogP contribution in [0.25, 0.3) is 0 Å². The molecule has 0 atom stereocenters. The Bertz CT molecular complexity index is 1410. The first kappa shape index (κ1) is 26.8. The van der Waals surface area contributed by atoms with Crippen molar-refractivity contribution in [2.45, 2.75) is 11.8 Å². The summed E-state index contributed by atoms with van der Waals surface area (Å²) in [5, 5.41) is 11.1. The van der Waals surface area contributed by atoms with Crippen molar-refractivity contribution in [1.82, 2.24) is 15.1 Å². The summed E-state index contributed by atoms with van der Waals surface area (Å²) in [5.74, 6) is 1.05. The SMILES string of the molecule is O=C(CSc1nnc(COc2ccccc2)o1)Nc1ccc(N2CCN(C(=O)c3ccccc3Br)CC2)cc1. The Balaban J connectivity index is 1.05. The van der Waals surface area contributed by atoms with Gasteiger partial charge in [-0.15, -0.1) is 10.2 Å². The number of carbonyl (C=O) groups is 2. The van der Waals surface area contributed by atoms with Gasteiger partial charge in [-0.1, -0.05) is 42.1 Å². The third kappa shape index (κ3) is 7.18. The predicted molar refractivity (Wildman–Crippen MR) is 153 cm³/mol. The van der Waals surface area contributed by atoms with Crippen LogP contribution in [0.5, 0.6) is 5.75 Å². The second kappa shape index (κ2) is 12.8. The van der Waals surface area contributed by atoms with E-state index >= 15 is 0 Å². The van der Waals surface area contributed by atoms with Gasteiger partial charge in [-0.3, -0.25) is 9.59 Å². The van der Waals surface area contributed by atoms with Crippen LogP contribution in [-0.4, -0.2) is 58.8 Å². The van der Waals surface area contributed by atoms with Gasteiger partial charge >= 0.3 is 0 Å². The molecule has 4 aromatic rings. The molecule has 200 valence electrons. The van der Waals surface area contributed by atoms with Crippen molar-refractivity contribution in [3.8, 4) is 5.75 Å². The molecule has 11 heteroatoms. The molecule has 1 fully saturated rings. The Morgan fingerprint density at radius 3 is 2.38 bits per heavy atom. The largest absolute Gasteiger partial charge is 0.484 e. The fraction of sp³-hybridized carbons (Fsp3) is 0.214. The van der Waals surface area contributed by atoms with Gasteiger partial charge in [-0.2, -0.15) is 0 Å². The highest BCUT2D eigenvalue weighted by molar-refractivity contribution is 9.10. The van der Waals surface area contributed by atoms with Crippen LogP contribution >= 0.6 is 27.7 Å². The molecule has 0 radical (unpaired) electrons. The predicted octanol–water partition coefficient (Wildman–Crippen LogP) is 5.10. The summed E-state index contributed by atoms with van der Waals surface area (Å²) >= 11 is 4.63. The monoisotopic (exact) mass is 607 g/mol. The van der Waals surface area contributed by atoms with Crippen molar-refractivity contribution in [1.29, 1.82) is 0 Å². The number of benzene rings is 3. The van der Waals surface area contributed by atoms with Crippen LogP contribution in [-0.2, 0) is 11.4 Å². The van der Waals surface area contributed by atoms with Gasteiger partial charge in [0.05, 0.1) is 11.3 Å². The maximum atomic E-state index is 12.9.